The van der Waals surface area contributed by atoms with E-state index in [1.54, 1.807) is 6.92 Å². The summed E-state index contributed by atoms with van der Waals surface area (Å²) < 4.78 is 5.55. The van der Waals surface area contributed by atoms with Crippen molar-refractivity contribution in [3.05, 3.63) is 35.3 Å². The summed E-state index contributed by atoms with van der Waals surface area (Å²) in [6.07, 6.45) is 6.40. The van der Waals surface area contributed by atoms with Crippen LogP contribution in [0.5, 0.6) is 0 Å². The lowest BCUT2D eigenvalue weighted by Crippen LogP contribution is -2.57. The number of aromatic nitrogens is 3. The summed E-state index contributed by atoms with van der Waals surface area (Å²) in [6, 6.07) is -3.06. The van der Waals surface area contributed by atoms with Gasteiger partial charge in [-0.1, -0.05) is 13.8 Å². The highest BCUT2D eigenvalue weighted by molar-refractivity contribution is 5.99. The molecule has 4 heterocycles. The first kappa shape index (κ1) is 32.8. The molecule has 0 aromatic carbocycles. The Bertz CT molecular complexity index is 1320. The van der Waals surface area contributed by atoms with Crippen LogP contribution in [-0.2, 0) is 9.59 Å². The third kappa shape index (κ3) is 8.52. The number of nitrogens with zero attached hydrogens (tertiary/aromatic N) is 4. The minimum Gasteiger partial charge on any atom is -0.446 e. The minimum absolute atomic E-state index is 0.0875. The van der Waals surface area contributed by atoms with Gasteiger partial charge < -0.3 is 35.7 Å². The van der Waals surface area contributed by atoms with Gasteiger partial charge in [0.15, 0.2) is 5.69 Å². The third-order valence-corrected chi connectivity index (χ3v) is 7.82. The predicted octanol–water partition coefficient (Wildman–Crippen LogP) is 1.54. The number of hydrogen-bond donors (Lipinski definition) is 5. The van der Waals surface area contributed by atoms with Crippen LogP contribution in [0.15, 0.2) is 16.9 Å². The lowest BCUT2D eigenvalue weighted by Gasteiger charge is -2.27. The molecule has 0 saturated carbocycles. The first-order valence-corrected chi connectivity index (χ1v) is 15.4. The molecule has 0 aliphatic carbocycles. The van der Waals surface area contributed by atoms with Gasteiger partial charge in [0.2, 0.25) is 23.7 Å². The first-order chi connectivity index (χ1) is 21.0. The summed E-state index contributed by atoms with van der Waals surface area (Å²) in [5, 5.41) is 21.5. The van der Waals surface area contributed by atoms with Crippen LogP contribution < -0.4 is 26.2 Å². The van der Waals surface area contributed by atoms with Gasteiger partial charge in [0.1, 0.15) is 24.4 Å². The number of carbonyl (C=O) groups is 4. The number of hydrogen-bond acceptors (Lipinski definition) is 10. The lowest BCUT2D eigenvalue weighted by atomic mass is 10.0. The number of aliphatic hydroxyl groups excluding tert-OH is 1. The molecule has 4 amide bonds. The maximum Gasteiger partial charge on any atom is 0.273 e. The molecule has 0 unspecified atom stereocenters. The topological polar surface area (TPSA) is 192 Å². The molecular formula is C30H44N8O6. The van der Waals surface area contributed by atoms with E-state index in [-0.39, 0.29) is 29.5 Å². The molecule has 5 N–H and O–H groups in total. The smallest absolute Gasteiger partial charge is 0.273 e. The summed E-state index contributed by atoms with van der Waals surface area (Å²) in [4.78, 5) is 68.3. The van der Waals surface area contributed by atoms with Gasteiger partial charge in [-0.05, 0) is 64.7 Å². The average Bonchev–Trinajstić information content (AvgIpc) is 3.48. The fourth-order valence-corrected chi connectivity index (χ4v) is 5.36. The molecule has 44 heavy (non-hydrogen) atoms. The number of nitrogens with one attached hydrogen (secondary N) is 4. The van der Waals surface area contributed by atoms with Gasteiger partial charge in [-0.15, -0.1) is 0 Å². The molecule has 14 heteroatoms. The summed E-state index contributed by atoms with van der Waals surface area (Å²) >= 11 is 0. The van der Waals surface area contributed by atoms with Gasteiger partial charge in [-0.25, -0.2) is 15.0 Å². The second-order valence-corrected chi connectivity index (χ2v) is 12.0. The number of oxazole rings is 1. The van der Waals surface area contributed by atoms with E-state index in [4.69, 9.17) is 4.42 Å². The Hall–Kier alpha value is -4.07. The molecule has 4 rings (SSSR count). The van der Waals surface area contributed by atoms with E-state index in [1.165, 1.54) is 25.8 Å². The van der Waals surface area contributed by atoms with Crippen molar-refractivity contribution >= 4 is 29.6 Å². The van der Waals surface area contributed by atoms with E-state index in [1.807, 2.05) is 13.8 Å². The summed E-state index contributed by atoms with van der Waals surface area (Å²) in [5.41, 5.74) is 0.814. The van der Waals surface area contributed by atoms with E-state index in [0.29, 0.717) is 37.4 Å². The fraction of sp³-hybridized carbons (Fsp3) is 0.633. The molecule has 1 saturated heterocycles. The molecule has 240 valence electrons. The first-order valence-electron chi connectivity index (χ1n) is 15.4. The van der Waals surface area contributed by atoms with Crippen molar-refractivity contribution in [2.75, 3.05) is 24.5 Å². The number of amides is 4. The zero-order valence-electron chi connectivity index (χ0n) is 25.9. The quantitative estimate of drug-likeness (QED) is 0.320. The minimum atomic E-state index is -1.32. The van der Waals surface area contributed by atoms with E-state index in [0.717, 1.165) is 25.9 Å². The second-order valence-electron chi connectivity index (χ2n) is 12.0. The second kappa shape index (κ2) is 15.1. The molecule has 2 aromatic heterocycles. The Balaban J connectivity index is 1.54. The molecule has 2 aliphatic rings. The van der Waals surface area contributed by atoms with Crippen molar-refractivity contribution in [3.8, 4) is 0 Å². The van der Waals surface area contributed by atoms with Gasteiger partial charge in [0.05, 0.1) is 17.4 Å². The van der Waals surface area contributed by atoms with Gasteiger partial charge in [0.25, 0.3) is 11.8 Å². The van der Waals surface area contributed by atoms with Crippen LogP contribution in [0.1, 0.15) is 104 Å². The highest BCUT2D eigenvalue weighted by atomic mass is 16.3. The van der Waals surface area contributed by atoms with Crippen molar-refractivity contribution in [2.24, 2.45) is 5.92 Å². The van der Waals surface area contributed by atoms with Crippen LogP contribution in [0.3, 0.4) is 0 Å². The van der Waals surface area contributed by atoms with Crippen LogP contribution in [0.4, 0.5) is 5.95 Å². The average molecular weight is 613 g/mol. The Morgan fingerprint density at radius 1 is 1.07 bits per heavy atom. The van der Waals surface area contributed by atoms with Gasteiger partial charge >= 0.3 is 0 Å². The molecule has 4 atom stereocenters. The Labute approximate surface area is 257 Å². The number of rotatable bonds is 6. The molecule has 2 aliphatic heterocycles. The van der Waals surface area contributed by atoms with Crippen LogP contribution in [0.25, 0.3) is 0 Å². The van der Waals surface area contributed by atoms with Gasteiger partial charge in [-0.3, -0.25) is 19.2 Å². The predicted molar refractivity (Wildman–Crippen MR) is 161 cm³/mol. The zero-order chi connectivity index (χ0) is 31.8. The van der Waals surface area contributed by atoms with E-state index in [9.17, 15) is 24.3 Å². The highest BCUT2D eigenvalue weighted by Crippen LogP contribution is 2.22. The summed E-state index contributed by atoms with van der Waals surface area (Å²) in [7, 11) is 0. The Morgan fingerprint density at radius 2 is 1.82 bits per heavy atom. The van der Waals surface area contributed by atoms with Gasteiger partial charge in [-0.2, -0.15) is 0 Å². The molecule has 1 fully saturated rings. The number of aliphatic hydroxyl groups is 1. The SMILES string of the molecule is Cc1nc(N2CCCCC2)ncc1C(=O)N[C@H]1CCCCNC(=O)c2coc(n2)[C@H](CC(C)C)NC(=O)[C@H]([C@@H](C)O)NC1=O. The normalized spacial score (nSPS) is 23.0. The van der Waals surface area contributed by atoms with E-state index >= 15 is 0 Å². The Kier molecular flexibility index (Phi) is 11.3. The summed E-state index contributed by atoms with van der Waals surface area (Å²) in [5.74, 6) is -1.38. The summed E-state index contributed by atoms with van der Waals surface area (Å²) in [6.45, 7) is 9.08. The third-order valence-electron chi connectivity index (χ3n) is 7.82. The molecule has 0 radical (unpaired) electrons. The van der Waals surface area contributed by atoms with Crippen LogP contribution >= 0.6 is 0 Å². The van der Waals surface area contributed by atoms with Crippen molar-refractivity contribution in [2.45, 2.75) is 96.9 Å². The zero-order valence-corrected chi connectivity index (χ0v) is 25.9. The van der Waals surface area contributed by atoms with Crippen LogP contribution in [0.2, 0.25) is 0 Å². The van der Waals surface area contributed by atoms with Crippen molar-refractivity contribution < 1.29 is 28.7 Å². The largest absolute Gasteiger partial charge is 0.446 e. The lowest BCUT2D eigenvalue weighted by molar-refractivity contribution is -0.133. The highest BCUT2D eigenvalue weighted by Gasteiger charge is 2.33. The molecule has 2 aromatic rings. The van der Waals surface area contributed by atoms with Crippen molar-refractivity contribution in [1.82, 2.24) is 36.2 Å². The Morgan fingerprint density at radius 3 is 2.50 bits per heavy atom. The maximum atomic E-state index is 13.5. The van der Waals surface area contributed by atoms with Crippen LogP contribution in [-0.4, -0.2) is 81.5 Å². The van der Waals surface area contributed by atoms with E-state index in [2.05, 4.69) is 41.1 Å². The molecular weight excluding hydrogens is 568 g/mol. The number of piperidine rings is 1. The fourth-order valence-electron chi connectivity index (χ4n) is 5.36. The maximum absolute atomic E-state index is 13.5. The van der Waals surface area contributed by atoms with E-state index < -0.39 is 47.9 Å². The number of aryl methyl sites for hydroxylation is 1. The molecule has 14 nitrogen and oxygen atoms in total. The standard InChI is InChI=1S/C30H44N8O6/c1-17(2)14-22-29-36-23(16-44-29)26(41)31-11-7-6-10-21(27(42)37-24(19(4)39)28(43)35-22)34-25(40)20-15-32-30(33-18(20)3)38-12-8-5-9-13-38/h15-17,19,21-22,24,39H,5-14H2,1-4H3,(H,31,41)(H,34,40)(H,35,43)(H,37,42)/t19-,21+,22+,24+/m1/s1. The van der Waals surface area contributed by atoms with Gasteiger partial charge in [0, 0.05) is 25.8 Å². The number of carbonyl (C=O) groups excluding carboxylic acids is 4. The van der Waals surface area contributed by atoms with Crippen LogP contribution in [0, 0.1) is 12.8 Å². The monoisotopic (exact) mass is 612 g/mol. The molecule has 0 spiro atoms. The molecule has 2 bridgehead atoms. The van der Waals surface area contributed by atoms with Crippen molar-refractivity contribution in [1.29, 1.82) is 0 Å². The van der Waals surface area contributed by atoms with Crippen molar-refractivity contribution in [3.63, 3.8) is 0 Å². The number of anilines is 1. The number of fused-ring (bicyclic) bond motifs is 2.